The van der Waals surface area contributed by atoms with E-state index in [0.717, 1.165) is 16.9 Å². The van der Waals surface area contributed by atoms with Crippen LogP contribution in [0.5, 0.6) is 5.75 Å². The molecular formula is C12H19NO2. The van der Waals surface area contributed by atoms with Crippen molar-refractivity contribution in [2.75, 3.05) is 13.2 Å². The molecule has 0 spiro atoms. The first-order chi connectivity index (χ1) is 7.04. The smallest absolute Gasteiger partial charge is 0.125 e. The molecule has 84 valence electrons. The zero-order valence-electron chi connectivity index (χ0n) is 9.58. The van der Waals surface area contributed by atoms with Crippen molar-refractivity contribution in [1.29, 1.82) is 0 Å². The Balaban J connectivity index is 2.77. The third-order valence-corrected chi connectivity index (χ3v) is 2.30. The molecular weight excluding hydrogens is 190 g/mol. The summed E-state index contributed by atoms with van der Waals surface area (Å²) >= 11 is 0. The van der Waals surface area contributed by atoms with Crippen LogP contribution in [0.1, 0.15) is 16.7 Å². The van der Waals surface area contributed by atoms with Crippen molar-refractivity contribution in [1.82, 2.24) is 0 Å². The van der Waals surface area contributed by atoms with Crippen LogP contribution in [0.25, 0.3) is 0 Å². The standard InChI is InChI=1S/C12H19NO2/c1-8-4-9(2)12(10(3)5-8)15-7-11(14)6-13/h4-5,11,14H,6-7,13H2,1-3H3. The summed E-state index contributed by atoms with van der Waals surface area (Å²) in [7, 11) is 0. The lowest BCUT2D eigenvalue weighted by Gasteiger charge is -2.15. The average molecular weight is 209 g/mol. The average Bonchev–Trinajstić information content (AvgIpc) is 2.15. The lowest BCUT2D eigenvalue weighted by molar-refractivity contribution is 0.113. The van der Waals surface area contributed by atoms with Gasteiger partial charge in [-0.3, -0.25) is 0 Å². The first-order valence-corrected chi connectivity index (χ1v) is 5.13. The number of aliphatic hydroxyl groups excluding tert-OH is 1. The minimum absolute atomic E-state index is 0.226. The van der Waals surface area contributed by atoms with Crippen molar-refractivity contribution in [2.45, 2.75) is 26.9 Å². The predicted octanol–water partition coefficient (Wildman–Crippen LogP) is 1.31. The molecule has 1 atom stereocenters. The van der Waals surface area contributed by atoms with Gasteiger partial charge in [-0.2, -0.15) is 0 Å². The van der Waals surface area contributed by atoms with Crippen LogP contribution in [0.3, 0.4) is 0 Å². The fourth-order valence-electron chi connectivity index (χ4n) is 1.64. The van der Waals surface area contributed by atoms with Crippen LogP contribution >= 0.6 is 0 Å². The maximum atomic E-state index is 9.31. The second-order valence-corrected chi connectivity index (χ2v) is 3.93. The Bertz CT molecular complexity index is 313. The van der Waals surface area contributed by atoms with Gasteiger partial charge in [-0.1, -0.05) is 17.7 Å². The summed E-state index contributed by atoms with van der Waals surface area (Å²) in [4.78, 5) is 0. The summed E-state index contributed by atoms with van der Waals surface area (Å²) < 4.78 is 5.55. The van der Waals surface area contributed by atoms with Gasteiger partial charge in [0, 0.05) is 6.54 Å². The number of benzene rings is 1. The number of aliphatic hydroxyl groups is 1. The Labute approximate surface area is 90.9 Å². The summed E-state index contributed by atoms with van der Waals surface area (Å²) in [6.45, 7) is 6.54. The predicted molar refractivity (Wildman–Crippen MR) is 61.2 cm³/mol. The Morgan fingerprint density at radius 1 is 1.27 bits per heavy atom. The highest BCUT2D eigenvalue weighted by Gasteiger charge is 2.07. The minimum atomic E-state index is -0.592. The Kier molecular flexibility index (Phi) is 4.12. The first-order valence-electron chi connectivity index (χ1n) is 5.13. The molecule has 15 heavy (non-hydrogen) atoms. The Hall–Kier alpha value is -1.06. The van der Waals surface area contributed by atoms with Crippen LogP contribution < -0.4 is 10.5 Å². The van der Waals surface area contributed by atoms with E-state index < -0.39 is 6.10 Å². The van der Waals surface area contributed by atoms with Crippen molar-refractivity contribution in [3.05, 3.63) is 28.8 Å². The largest absolute Gasteiger partial charge is 0.490 e. The van der Waals surface area contributed by atoms with Crippen molar-refractivity contribution >= 4 is 0 Å². The molecule has 0 aliphatic carbocycles. The molecule has 1 aromatic rings. The third-order valence-electron chi connectivity index (χ3n) is 2.30. The van der Waals surface area contributed by atoms with Gasteiger partial charge in [-0.25, -0.2) is 0 Å². The second-order valence-electron chi connectivity index (χ2n) is 3.93. The number of hydrogen-bond acceptors (Lipinski definition) is 3. The van der Waals surface area contributed by atoms with Crippen molar-refractivity contribution < 1.29 is 9.84 Å². The number of hydrogen-bond donors (Lipinski definition) is 2. The number of ether oxygens (including phenoxy) is 1. The maximum Gasteiger partial charge on any atom is 0.125 e. The first kappa shape index (κ1) is 12.0. The SMILES string of the molecule is Cc1cc(C)c(OCC(O)CN)c(C)c1. The summed E-state index contributed by atoms with van der Waals surface area (Å²) in [6, 6.07) is 4.13. The van der Waals surface area contributed by atoms with Crippen LogP contribution in [0.15, 0.2) is 12.1 Å². The van der Waals surface area contributed by atoms with Crippen LogP contribution in [-0.2, 0) is 0 Å². The highest BCUT2D eigenvalue weighted by Crippen LogP contribution is 2.24. The van der Waals surface area contributed by atoms with Gasteiger partial charge in [-0.05, 0) is 31.9 Å². The van der Waals surface area contributed by atoms with Crippen molar-refractivity contribution in [2.24, 2.45) is 5.73 Å². The molecule has 3 nitrogen and oxygen atoms in total. The summed E-state index contributed by atoms with van der Waals surface area (Å²) in [5, 5.41) is 9.31. The van der Waals surface area contributed by atoms with E-state index in [0.29, 0.717) is 0 Å². The van der Waals surface area contributed by atoms with Gasteiger partial charge in [0.2, 0.25) is 0 Å². The van der Waals surface area contributed by atoms with E-state index in [4.69, 9.17) is 10.5 Å². The monoisotopic (exact) mass is 209 g/mol. The normalized spacial score (nSPS) is 12.6. The zero-order valence-corrected chi connectivity index (χ0v) is 9.58. The minimum Gasteiger partial charge on any atom is -0.490 e. The van der Waals surface area contributed by atoms with E-state index in [1.54, 1.807) is 0 Å². The van der Waals surface area contributed by atoms with E-state index in [1.807, 2.05) is 13.8 Å². The fraction of sp³-hybridized carbons (Fsp3) is 0.500. The molecule has 1 rings (SSSR count). The Morgan fingerprint density at radius 2 is 1.80 bits per heavy atom. The van der Waals surface area contributed by atoms with Crippen LogP contribution in [0.2, 0.25) is 0 Å². The van der Waals surface area contributed by atoms with Gasteiger partial charge >= 0.3 is 0 Å². The van der Waals surface area contributed by atoms with E-state index in [1.165, 1.54) is 5.56 Å². The summed E-state index contributed by atoms with van der Waals surface area (Å²) in [5.74, 6) is 0.855. The lowest BCUT2D eigenvalue weighted by Crippen LogP contribution is -2.26. The Morgan fingerprint density at radius 3 is 2.27 bits per heavy atom. The second kappa shape index (κ2) is 5.14. The van der Waals surface area contributed by atoms with Gasteiger partial charge in [0.15, 0.2) is 0 Å². The molecule has 0 aliphatic rings. The van der Waals surface area contributed by atoms with Crippen molar-refractivity contribution in [3.63, 3.8) is 0 Å². The van der Waals surface area contributed by atoms with Crippen molar-refractivity contribution in [3.8, 4) is 5.75 Å². The van der Waals surface area contributed by atoms with Gasteiger partial charge in [-0.15, -0.1) is 0 Å². The molecule has 0 saturated carbocycles. The van der Waals surface area contributed by atoms with E-state index in [-0.39, 0.29) is 13.2 Å². The van der Waals surface area contributed by atoms with Gasteiger partial charge in [0.1, 0.15) is 18.5 Å². The molecule has 3 N–H and O–H groups in total. The lowest BCUT2D eigenvalue weighted by atomic mass is 10.1. The van der Waals surface area contributed by atoms with Crippen LogP contribution in [-0.4, -0.2) is 24.4 Å². The molecule has 0 fully saturated rings. The quantitative estimate of drug-likeness (QED) is 0.786. The zero-order chi connectivity index (χ0) is 11.4. The summed E-state index contributed by atoms with van der Waals surface area (Å²) in [6.07, 6.45) is -0.592. The van der Waals surface area contributed by atoms with Gasteiger partial charge in [0.05, 0.1) is 0 Å². The number of aryl methyl sites for hydroxylation is 3. The number of rotatable bonds is 4. The van der Waals surface area contributed by atoms with E-state index in [2.05, 4.69) is 19.1 Å². The molecule has 0 bridgehead atoms. The molecule has 3 heteroatoms. The fourth-order valence-corrected chi connectivity index (χ4v) is 1.64. The van der Waals surface area contributed by atoms with Crippen LogP contribution in [0.4, 0.5) is 0 Å². The molecule has 1 aromatic carbocycles. The summed E-state index contributed by atoms with van der Waals surface area (Å²) in [5.41, 5.74) is 8.71. The molecule has 0 amide bonds. The van der Waals surface area contributed by atoms with Gasteiger partial charge in [0.25, 0.3) is 0 Å². The van der Waals surface area contributed by atoms with Crippen LogP contribution in [0, 0.1) is 20.8 Å². The third kappa shape index (κ3) is 3.22. The highest BCUT2D eigenvalue weighted by atomic mass is 16.5. The topological polar surface area (TPSA) is 55.5 Å². The molecule has 0 radical (unpaired) electrons. The molecule has 0 aliphatic heterocycles. The van der Waals surface area contributed by atoms with E-state index in [9.17, 15) is 5.11 Å². The maximum absolute atomic E-state index is 9.31. The van der Waals surface area contributed by atoms with E-state index >= 15 is 0 Å². The molecule has 0 aromatic heterocycles. The highest BCUT2D eigenvalue weighted by molar-refractivity contribution is 5.42. The number of nitrogens with two attached hydrogens (primary N) is 1. The molecule has 0 heterocycles. The van der Waals surface area contributed by atoms with Gasteiger partial charge < -0.3 is 15.6 Å². The molecule has 0 saturated heterocycles. The molecule has 1 unspecified atom stereocenters.